The van der Waals surface area contributed by atoms with Gasteiger partial charge in [0.05, 0.1) is 5.52 Å². The molecule has 0 spiro atoms. The molecule has 106 valence electrons. The van der Waals surface area contributed by atoms with Crippen LogP contribution in [-0.2, 0) is 5.60 Å². The summed E-state index contributed by atoms with van der Waals surface area (Å²) in [6.45, 7) is 3.75. The Morgan fingerprint density at radius 2 is 1.76 bits per heavy atom. The van der Waals surface area contributed by atoms with Crippen LogP contribution in [0.4, 0.5) is 0 Å². The molecule has 0 saturated heterocycles. The largest absolute Gasteiger partial charge is 0.381 e. The van der Waals surface area contributed by atoms with Crippen molar-refractivity contribution in [2.75, 3.05) is 0 Å². The van der Waals surface area contributed by atoms with E-state index < -0.39 is 5.60 Å². The highest BCUT2D eigenvalue weighted by Gasteiger charge is 2.26. The smallest absolute Gasteiger partial charge is 0.112 e. The van der Waals surface area contributed by atoms with Crippen LogP contribution in [0.3, 0.4) is 0 Å². The summed E-state index contributed by atoms with van der Waals surface area (Å²) in [4.78, 5) is 4.48. The number of aliphatic hydroxyl groups is 1. The second-order valence-electron chi connectivity index (χ2n) is 5.44. The average molecular weight is 298 g/mol. The fraction of sp³-hybridized carbons (Fsp3) is 0.167. The van der Waals surface area contributed by atoms with Crippen molar-refractivity contribution >= 4 is 22.5 Å². The lowest BCUT2D eigenvalue weighted by Crippen LogP contribution is -2.22. The third-order valence-electron chi connectivity index (χ3n) is 3.78. The molecule has 0 amide bonds. The van der Waals surface area contributed by atoms with E-state index in [1.165, 1.54) is 0 Å². The van der Waals surface area contributed by atoms with Crippen LogP contribution in [0, 0.1) is 6.92 Å². The van der Waals surface area contributed by atoms with E-state index in [-0.39, 0.29) is 0 Å². The molecule has 1 N–H and O–H groups in total. The van der Waals surface area contributed by atoms with Crippen LogP contribution < -0.4 is 0 Å². The van der Waals surface area contributed by atoms with Crippen LogP contribution in [-0.4, -0.2) is 10.1 Å². The molecular weight excluding hydrogens is 282 g/mol. The number of rotatable bonds is 2. The lowest BCUT2D eigenvalue weighted by Gasteiger charge is -2.25. The van der Waals surface area contributed by atoms with Crippen LogP contribution in [0.2, 0.25) is 5.02 Å². The van der Waals surface area contributed by atoms with Crippen LogP contribution >= 0.6 is 11.6 Å². The van der Waals surface area contributed by atoms with Crippen molar-refractivity contribution in [3.63, 3.8) is 0 Å². The minimum Gasteiger partial charge on any atom is -0.381 e. The van der Waals surface area contributed by atoms with Crippen molar-refractivity contribution in [1.29, 1.82) is 0 Å². The summed E-state index contributed by atoms with van der Waals surface area (Å²) in [6, 6.07) is 17.1. The first-order valence-electron chi connectivity index (χ1n) is 6.83. The Labute approximate surface area is 129 Å². The van der Waals surface area contributed by atoms with E-state index >= 15 is 0 Å². The zero-order chi connectivity index (χ0) is 15.0. The predicted molar refractivity (Wildman–Crippen MR) is 86.6 cm³/mol. The van der Waals surface area contributed by atoms with Gasteiger partial charge in [0.25, 0.3) is 0 Å². The predicted octanol–water partition coefficient (Wildman–Crippen LogP) is 4.45. The Balaban J connectivity index is 2.12. The van der Waals surface area contributed by atoms with Gasteiger partial charge in [-0.25, -0.2) is 0 Å². The van der Waals surface area contributed by atoms with Crippen LogP contribution in [0.15, 0.2) is 54.6 Å². The molecule has 21 heavy (non-hydrogen) atoms. The van der Waals surface area contributed by atoms with E-state index in [4.69, 9.17) is 11.6 Å². The molecular formula is C18H16ClNO. The highest BCUT2D eigenvalue weighted by atomic mass is 35.5. The first-order valence-corrected chi connectivity index (χ1v) is 7.21. The summed E-state index contributed by atoms with van der Waals surface area (Å²) < 4.78 is 0. The quantitative estimate of drug-likeness (QED) is 0.758. The molecule has 0 aliphatic rings. The molecule has 1 aromatic heterocycles. The molecule has 1 unspecified atom stereocenters. The van der Waals surface area contributed by atoms with Crippen molar-refractivity contribution in [1.82, 2.24) is 4.98 Å². The van der Waals surface area contributed by atoms with Crippen molar-refractivity contribution in [2.24, 2.45) is 0 Å². The lowest BCUT2D eigenvalue weighted by atomic mass is 9.87. The third-order valence-corrected chi connectivity index (χ3v) is 4.01. The van der Waals surface area contributed by atoms with Gasteiger partial charge in [0.15, 0.2) is 0 Å². The highest BCUT2D eigenvalue weighted by molar-refractivity contribution is 6.30. The second-order valence-corrected chi connectivity index (χ2v) is 5.88. The molecule has 2 nitrogen and oxygen atoms in total. The molecule has 0 radical (unpaired) electrons. The number of hydrogen-bond donors (Lipinski definition) is 1. The monoisotopic (exact) mass is 297 g/mol. The Bertz CT molecular complexity index is 811. The van der Waals surface area contributed by atoms with E-state index in [9.17, 15) is 5.11 Å². The molecule has 2 aromatic carbocycles. The molecule has 1 atom stereocenters. The van der Waals surface area contributed by atoms with Gasteiger partial charge in [-0.15, -0.1) is 0 Å². The van der Waals surface area contributed by atoms with Crippen molar-refractivity contribution in [3.05, 3.63) is 76.4 Å². The highest BCUT2D eigenvalue weighted by Crippen LogP contribution is 2.32. The SMILES string of the molecule is Cc1ccc2cc(C(C)(O)c3cccc(Cl)c3)ccc2n1. The second kappa shape index (κ2) is 5.14. The molecule has 0 saturated carbocycles. The molecule has 3 rings (SSSR count). The Morgan fingerprint density at radius 1 is 1.00 bits per heavy atom. The molecule has 0 fully saturated rings. The molecule has 0 aliphatic carbocycles. The first-order chi connectivity index (χ1) is 9.96. The van der Waals surface area contributed by atoms with Crippen molar-refractivity contribution in [3.8, 4) is 0 Å². The van der Waals surface area contributed by atoms with Gasteiger partial charge < -0.3 is 5.11 Å². The van der Waals surface area contributed by atoms with Gasteiger partial charge >= 0.3 is 0 Å². The van der Waals surface area contributed by atoms with Crippen LogP contribution in [0.1, 0.15) is 23.7 Å². The molecule has 0 aliphatic heterocycles. The first kappa shape index (κ1) is 14.1. The van der Waals surface area contributed by atoms with Crippen molar-refractivity contribution < 1.29 is 5.11 Å². The average Bonchev–Trinajstić information content (AvgIpc) is 2.46. The van der Waals surface area contributed by atoms with Gasteiger partial charge in [-0.3, -0.25) is 4.98 Å². The maximum Gasteiger partial charge on any atom is 0.112 e. The van der Waals surface area contributed by atoms with Crippen molar-refractivity contribution in [2.45, 2.75) is 19.4 Å². The zero-order valence-electron chi connectivity index (χ0n) is 12.0. The van der Waals surface area contributed by atoms with Gasteiger partial charge in [-0.05, 0) is 55.3 Å². The summed E-state index contributed by atoms with van der Waals surface area (Å²) in [6.07, 6.45) is 0. The molecule has 0 bridgehead atoms. The van der Waals surface area contributed by atoms with E-state index in [0.29, 0.717) is 5.02 Å². The van der Waals surface area contributed by atoms with E-state index in [0.717, 1.165) is 27.7 Å². The molecule has 1 heterocycles. The topological polar surface area (TPSA) is 33.1 Å². The van der Waals surface area contributed by atoms with Gasteiger partial charge in [0, 0.05) is 16.1 Å². The lowest BCUT2D eigenvalue weighted by molar-refractivity contribution is 0.102. The molecule has 3 aromatic rings. The Morgan fingerprint density at radius 3 is 2.52 bits per heavy atom. The molecule has 3 heteroatoms. The number of aryl methyl sites for hydroxylation is 1. The number of nitrogens with zero attached hydrogens (tertiary/aromatic N) is 1. The maximum atomic E-state index is 10.9. The van der Waals surface area contributed by atoms with Crippen LogP contribution in [0.25, 0.3) is 10.9 Å². The summed E-state index contributed by atoms with van der Waals surface area (Å²) >= 11 is 6.03. The van der Waals surface area contributed by atoms with Crippen LogP contribution in [0.5, 0.6) is 0 Å². The normalized spacial score (nSPS) is 14.1. The van der Waals surface area contributed by atoms with Gasteiger partial charge in [-0.2, -0.15) is 0 Å². The fourth-order valence-electron chi connectivity index (χ4n) is 2.49. The van der Waals surface area contributed by atoms with E-state index in [1.54, 1.807) is 19.1 Å². The number of pyridine rings is 1. The Hall–Kier alpha value is -1.90. The number of hydrogen-bond acceptors (Lipinski definition) is 2. The summed E-state index contributed by atoms with van der Waals surface area (Å²) in [7, 11) is 0. The maximum absolute atomic E-state index is 10.9. The minimum absolute atomic E-state index is 0.617. The summed E-state index contributed by atoms with van der Waals surface area (Å²) in [5, 5.41) is 12.5. The standard InChI is InChI=1S/C18H16ClNO/c1-12-6-7-13-10-15(8-9-17(13)20-12)18(2,21)14-4-3-5-16(19)11-14/h3-11,21H,1-2H3. The number of benzene rings is 2. The third kappa shape index (κ3) is 2.65. The van der Waals surface area contributed by atoms with Gasteiger partial charge in [0.2, 0.25) is 0 Å². The summed E-state index contributed by atoms with van der Waals surface area (Å²) in [5.41, 5.74) is 2.42. The minimum atomic E-state index is -1.09. The van der Waals surface area contributed by atoms with Gasteiger partial charge in [-0.1, -0.05) is 35.9 Å². The number of aromatic nitrogens is 1. The summed E-state index contributed by atoms with van der Waals surface area (Å²) in [5.74, 6) is 0. The number of halogens is 1. The van der Waals surface area contributed by atoms with E-state index in [2.05, 4.69) is 4.98 Å². The zero-order valence-corrected chi connectivity index (χ0v) is 12.7. The Kier molecular flexibility index (Phi) is 3.44. The number of fused-ring (bicyclic) bond motifs is 1. The van der Waals surface area contributed by atoms with Gasteiger partial charge in [0.1, 0.15) is 5.60 Å². The van der Waals surface area contributed by atoms with E-state index in [1.807, 2.05) is 49.4 Å². The fourth-order valence-corrected chi connectivity index (χ4v) is 2.68.